The average Bonchev–Trinajstić information content (AvgIpc) is 3.21. The first kappa shape index (κ1) is 22.9. The zero-order chi connectivity index (χ0) is 23.9. The summed E-state index contributed by atoms with van der Waals surface area (Å²) in [6.07, 6.45) is -0.266. The molecule has 2 aliphatic rings. The average molecular weight is 486 g/mol. The number of nitrogens with one attached hydrogen (secondary N) is 1. The molecule has 0 bridgehead atoms. The van der Waals surface area contributed by atoms with Crippen molar-refractivity contribution in [2.45, 2.75) is 26.4 Å². The second-order valence-corrected chi connectivity index (χ2v) is 10.5. The first-order valence-corrected chi connectivity index (χ1v) is 12.5. The fourth-order valence-electron chi connectivity index (χ4n) is 4.22. The van der Waals surface area contributed by atoms with Gasteiger partial charge in [0.15, 0.2) is 5.82 Å². The van der Waals surface area contributed by atoms with Crippen LogP contribution in [0.2, 0.25) is 0 Å². The van der Waals surface area contributed by atoms with E-state index in [1.807, 2.05) is 27.8 Å². The number of thiophene rings is 1. The fraction of sp³-hybridized carbons (Fsp3) is 0.565. The van der Waals surface area contributed by atoms with Crippen molar-refractivity contribution < 1.29 is 14.3 Å². The lowest BCUT2D eigenvalue weighted by Crippen LogP contribution is -2.50. The number of amides is 1. The number of hydrogen-bond acceptors (Lipinski definition) is 10. The summed E-state index contributed by atoms with van der Waals surface area (Å²) < 4.78 is 12.0. The third-order valence-electron chi connectivity index (χ3n) is 5.94. The van der Waals surface area contributed by atoms with Gasteiger partial charge in [-0.2, -0.15) is 4.98 Å². The summed E-state index contributed by atoms with van der Waals surface area (Å²) in [7, 11) is 1.83. The van der Waals surface area contributed by atoms with Crippen LogP contribution in [-0.4, -0.2) is 91.1 Å². The van der Waals surface area contributed by atoms with Crippen molar-refractivity contribution in [2.24, 2.45) is 0 Å². The number of carbonyl (C=O) groups excluding carboxylic acids is 1. The van der Waals surface area contributed by atoms with Gasteiger partial charge in [0, 0.05) is 51.7 Å². The third kappa shape index (κ3) is 4.54. The highest BCUT2D eigenvalue weighted by atomic mass is 32.1. The minimum Gasteiger partial charge on any atom is -0.444 e. The molecule has 10 nitrogen and oxygen atoms in total. The van der Waals surface area contributed by atoms with E-state index >= 15 is 0 Å². The van der Waals surface area contributed by atoms with Gasteiger partial charge in [-0.3, -0.25) is 0 Å². The predicted octanol–water partition coefficient (Wildman–Crippen LogP) is 3.17. The normalized spacial score (nSPS) is 17.5. The smallest absolute Gasteiger partial charge is 0.410 e. The number of ether oxygens (including phenoxy) is 2. The Morgan fingerprint density at radius 2 is 1.76 bits per heavy atom. The predicted molar refractivity (Wildman–Crippen MR) is 135 cm³/mol. The van der Waals surface area contributed by atoms with Gasteiger partial charge >= 0.3 is 6.09 Å². The van der Waals surface area contributed by atoms with E-state index in [0.717, 1.165) is 58.4 Å². The molecule has 0 atom stereocenters. The topological polar surface area (TPSA) is 96.0 Å². The lowest BCUT2D eigenvalue weighted by Gasteiger charge is -2.36. The van der Waals surface area contributed by atoms with Crippen LogP contribution >= 0.6 is 11.3 Å². The number of rotatable bonds is 3. The molecule has 3 aromatic rings. The van der Waals surface area contributed by atoms with Gasteiger partial charge in [-0.05, 0) is 32.9 Å². The second kappa shape index (κ2) is 9.03. The van der Waals surface area contributed by atoms with Crippen molar-refractivity contribution in [3.05, 3.63) is 12.1 Å². The van der Waals surface area contributed by atoms with E-state index in [2.05, 4.69) is 27.2 Å². The highest BCUT2D eigenvalue weighted by Gasteiger charge is 2.28. The Hall–Kier alpha value is -2.92. The van der Waals surface area contributed by atoms with E-state index in [-0.39, 0.29) is 6.09 Å². The molecule has 0 aromatic carbocycles. The number of carbonyl (C=O) groups is 1. The molecular formula is C23H31N7O3S. The van der Waals surface area contributed by atoms with Crippen LogP contribution in [0.1, 0.15) is 20.8 Å². The first-order chi connectivity index (χ1) is 16.3. The van der Waals surface area contributed by atoms with Crippen molar-refractivity contribution in [2.75, 3.05) is 74.6 Å². The van der Waals surface area contributed by atoms with Gasteiger partial charge in [-0.15, -0.1) is 11.3 Å². The van der Waals surface area contributed by atoms with Crippen molar-refractivity contribution in [1.82, 2.24) is 19.9 Å². The van der Waals surface area contributed by atoms with Gasteiger partial charge in [0.25, 0.3) is 0 Å². The van der Waals surface area contributed by atoms with Crippen LogP contribution in [0.4, 0.5) is 22.4 Å². The SMILES string of the molecule is CNc1nc(N2CCN(C(=O)OC(C)(C)C)CC2)c2sc3nc(N4CCOCC4)ccc3c2n1. The molecule has 0 saturated carbocycles. The van der Waals surface area contributed by atoms with E-state index in [1.165, 1.54) is 0 Å². The number of hydrogen-bond donors (Lipinski definition) is 1. The fourth-order valence-corrected chi connectivity index (χ4v) is 5.35. The molecule has 2 saturated heterocycles. The third-order valence-corrected chi connectivity index (χ3v) is 7.02. The zero-order valence-corrected chi connectivity index (χ0v) is 20.9. The van der Waals surface area contributed by atoms with E-state index in [0.29, 0.717) is 32.1 Å². The molecule has 34 heavy (non-hydrogen) atoms. The Labute approximate surface area is 202 Å². The molecule has 182 valence electrons. The maximum atomic E-state index is 12.5. The van der Waals surface area contributed by atoms with Gasteiger partial charge in [-0.1, -0.05) is 0 Å². The summed E-state index contributed by atoms with van der Waals surface area (Å²) in [5, 5.41) is 4.13. The lowest BCUT2D eigenvalue weighted by atomic mass is 10.2. The summed E-state index contributed by atoms with van der Waals surface area (Å²) in [5.74, 6) is 2.43. The van der Waals surface area contributed by atoms with Crippen molar-refractivity contribution in [1.29, 1.82) is 0 Å². The van der Waals surface area contributed by atoms with Crippen LogP contribution < -0.4 is 15.1 Å². The van der Waals surface area contributed by atoms with E-state index in [4.69, 9.17) is 24.4 Å². The summed E-state index contributed by atoms with van der Waals surface area (Å²) in [6.45, 7) is 11.3. The van der Waals surface area contributed by atoms with Gasteiger partial charge in [0.05, 0.1) is 23.4 Å². The standard InChI is InChI=1S/C23H31N7O3S/c1-23(2,3)33-22(31)30-9-7-29(8-10-30)19-18-17(26-21(24-4)27-19)15-5-6-16(25-20(15)34-18)28-11-13-32-14-12-28/h5-6H,7-14H2,1-4H3,(H,24,26,27). The molecule has 0 aliphatic carbocycles. The number of morpholine rings is 1. The lowest BCUT2D eigenvalue weighted by molar-refractivity contribution is 0.0240. The number of piperazine rings is 1. The monoisotopic (exact) mass is 485 g/mol. The van der Waals surface area contributed by atoms with Gasteiger partial charge < -0.3 is 29.5 Å². The van der Waals surface area contributed by atoms with Crippen molar-refractivity contribution in [3.63, 3.8) is 0 Å². The summed E-state index contributed by atoms with van der Waals surface area (Å²) in [4.78, 5) is 34.2. The minimum atomic E-state index is -0.501. The molecule has 11 heteroatoms. The quantitative estimate of drug-likeness (QED) is 0.600. The van der Waals surface area contributed by atoms with Gasteiger partial charge in [0.1, 0.15) is 16.2 Å². The van der Waals surface area contributed by atoms with Gasteiger partial charge in [0.2, 0.25) is 5.95 Å². The van der Waals surface area contributed by atoms with Crippen LogP contribution in [0.3, 0.4) is 0 Å². The summed E-state index contributed by atoms with van der Waals surface area (Å²) in [6, 6.07) is 4.18. The van der Waals surface area contributed by atoms with E-state index in [1.54, 1.807) is 16.2 Å². The van der Waals surface area contributed by atoms with Crippen LogP contribution in [0.25, 0.3) is 20.4 Å². The molecule has 3 aromatic heterocycles. The highest BCUT2D eigenvalue weighted by molar-refractivity contribution is 7.26. The Kier molecular flexibility index (Phi) is 6.07. The van der Waals surface area contributed by atoms with E-state index in [9.17, 15) is 4.79 Å². The molecule has 2 fully saturated rings. The van der Waals surface area contributed by atoms with Crippen molar-refractivity contribution >= 4 is 55.4 Å². The van der Waals surface area contributed by atoms with Crippen LogP contribution in [0.15, 0.2) is 12.1 Å². The number of anilines is 3. The molecule has 5 heterocycles. The van der Waals surface area contributed by atoms with Gasteiger partial charge in [-0.25, -0.2) is 14.8 Å². The highest BCUT2D eigenvalue weighted by Crippen LogP contribution is 2.38. The largest absolute Gasteiger partial charge is 0.444 e. The Morgan fingerprint density at radius 3 is 2.44 bits per heavy atom. The number of aromatic nitrogens is 3. The molecule has 0 unspecified atom stereocenters. The molecule has 1 amide bonds. The van der Waals surface area contributed by atoms with Crippen LogP contribution in [-0.2, 0) is 9.47 Å². The zero-order valence-electron chi connectivity index (χ0n) is 20.1. The molecular weight excluding hydrogens is 454 g/mol. The molecule has 0 radical (unpaired) electrons. The number of nitrogens with zero attached hydrogens (tertiary/aromatic N) is 6. The molecule has 5 rings (SSSR count). The number of pyridine rings is 1. The Balaban J connectivity index is 1.44. The molecule has 1 N–H and O–H groups in total. The van der Waals surface area contributed by atoms with Crippen LogP contribution in [0, 0.1) is 0 Å². The van der Waals surface area contributed by atoms with Crippen molar-refractivity contribution in [3.8, 4) is 0 Å². The maximum absolute atomic E-state index is 12.5. The Bertz CT molecular complexity index is 1190. The first-order valence-electron chi connectivity index (χ1n) is 11.7. The molecule has 2 aliphatic heterocycles. The maximum Gasteiger partial charge on any atom is 0.410 e. The Morgan fingerprint density at radius 1 is 1.03 bits per heavy atom. The minimum absolute atomic E-state index is 0.266. The second-order valence-electron chi connectivity index (χ2n) is 9.48. The summed E-state index contributed by atoms with van der Waals surface area (Å²) >= 11 is 1.63. The summed E-state index contributed by atoms with van der Waals surface area (Å²) in [5.41, 5.74) is 0.406. The molecule has 0 spiro atoms. The van der Waals surface area contributed by atoms with E-state index < -0.39 is 5.60 Å². The number of fused-ring (bicyclic) bond motifs is 3. The van der Waals surface area contributed by atoms with Crippen LogP contribution in [0.5, 0.6) is 0 Å².